The predicted molar refractivity (Wildman–Crippen MR) is 55.4 cm³/mol. The van der Waals surface area contributed by atoms with E-state index in [2.05, 4.69) is 18.8 Å². The van der Waals surface area contributed by atoms with Gasteiger partial charge in [-0.25, -0.2) is 0 Å². The van der Waals surface area contributed by atoms with Gasteiger partial charge in [-0.2, -0.15) is 0 Å². The zero-order chi connectivity index (χ0) is 9.68. The zero-order valence-corrected chi connectivity index (χ0v) is 8.07. The minimum absolute atomic E-state index is 0.293. The second-order valence-corrected chi connectivity index (χ2v) is 3.48. The van der Waals surface area contributed by atoms with Crippen molar-refractivity contribution in [1.29, 1.82) is 0 Å². The summed E-state index contributed by atoms with van der Waals surface area (Å²) in [6.07, 6.45) is 1.83. The fourth-order valence-electron chi connectivity index (χ4n) is 0.929. The highest BCUT2D eigenvalue weighted by molar-refractivity contribution is 5.79. The van der Waals surface area contributed by atoms with Gasteiger partial charge >= 0.3 is 0 Å². The largest absolute Gasteiger partial charge is 0.508 e. The molecule has 2 heteroatoms. The lowest BCUT2D eigenvalue weighted by atomic mass is 10.2. The van der Waals surface area contributed by atoms with E-state index in [0.717, 1.165) is 12.1 Å². The van der Waals surface area contributed by atoms with Gasteiger partial charge in [0.2, 0.25) is 0 Å². The van der Waals surface area contributed by atoms with E-state index in [1.165, 1.54) is 0 Å². The molecule has 1 aromatic rings. The monoisotopic (exact) mass is 177 g/mol. The second kappa shape index (κ2) is 4.65. The number of nitrogens with zero attached hydrogens (tertiary/aromatic N) is 1. The number of aromatic hydroxyl groups is 1. The van der Waals surface area contributed by atoms with Gasteiger partial charge in [0, 0.05) is 12.8 Å². The number of rotatable bonds is 3. The number of hydrogen-bond donors (Lipinski definition) is 1. The van der Waals surface area contributed by atoms with Crippen molar-refractivity contribution in [1.82, 2.24) is 0 Å². The first-order chi connectivity index (χ1) is 6.18. The lowest BCUT2D eigenvalue weighted by molar-refractivity contribution is 0.475. The first kappa shape index (κ1) is 9.78. The van der Waals surface area contributed by atoms with Gasteiger partial charge in [-0.05, 0) is 35.7 Å². The number of hydrogen-bond acceptors (Lipinski definition) is 2. The molecule has 0 saturated carbocycles. The van der Waals surface area contributed by atoms with E-state index in [1.54, 1.807) is 12.1 Å². The summed E-state index contributed by atoms with van der Waals surface area (Å²) in [5, 5.41) is 9.03. The quantitative estimate of drug-likeness (QED) is 0.707. The maximum absolute atomic E-state index is 9.03. The molecule has 0 bridgehead atoms. The molecular weight excluding hydrogens is 162 g/mol. The Hall–Kier alpha value is -1.31. The van der Waals surface area contributed by atoms with Crippen molar-refractivity contribution >= 4 is 6.21 Å². The predicted octanol–water partition coefficient (Wildman–Crippen LogP) is 2.47. The molecule has 1 aromatic carbocycles. The van der Waals surface area contributed by atoms with E-state index < -0.39 is 0 Å². The molecule has 0 heterocycles. The van der Waals surface area contributed by atoms with Crippen molar-refractivity contribution in [2.45, 2.75) is 13.8 Å². The highest BCUT2D eigenvalue weighted by atomic mass is 16.3. The van der Waals surface area contributed by atoms with Gasteiger partial charge < -0.3 is 5.11 Å². The van der Waals surface area contributed by atoms with Gasteiger partial charge in [0.05, 0.1) is 0 Å². The maximum atomic E-state index is 9.03. The van der Waals surface area contributed by atoms with Crippen molar-refractivity contribution in [2.24, 2.45) is 10.9 Å². The molecule has 0 aliphatic carbocycles. The maximum Gasteiger partial charge on any atom is 0.115 e. The van der Waals surface area contributed by atoms with Crippen molar-refractivity contribution < 1.29 is 5.11 Å². The Morgan fingerprint density at radius 3 is 2.46 bits per heavy atom. The van der Waals surface area contributed by atoms with E-state index >= 15 is 0 Å². The molecule has 0 atom stereocenters. The number of benzene rings is 1. The van der Waals surface area contributed by atoms with Crippen LogP contribution in [0.2, 0.25) is 0 Å². The summed E-state index contributed by atoms with van der Waals surface area (Å²) >= 11 is 0. The van der Waals surface area contributed by atoms with E-state index in [9.17, 15) is 0 Å². The van der Waals surface area contributed by atoms with Crippen LogP contribution in [0.4, 0.5) is 0 Å². The average Bonchev–Trinajstić information content (AvgIpc) is 2.08. The lowest BCUT2D eigenvalue weighted by Crippen LogP contribution is -1.92. The van der Waals surface area contributed by atoms with Gasteiger partial charge in [0.15, 0.2) is 0 Å². The Balaban J connectivity index is 2.54. The number of phenolic OH excluding ortho intramolecular Hbond substituents is 1. The zero-order valence-electron chi connectivity index (χ0n) is 8.07. The van der Waals surface area contributed by atoms with E-state index in [-0.39, 0.29) is 0 Å². The molecule has 0 aromatic heterocycles. The standard InChI is InChI=1S/C11H15NO/c1-9(2)7-12-8-10-3-5-11(13)6-4-10/h3-6,8-9,13H,7H2,1-2H3. The van der Waals surface area contributed by atoms with Crippen LogP contribution in [0.5, 0.6) is 5.75 Å². The van der Waals surface area contributed by atoms with Crippen LogP contribution in [0.25, 0.3) is 0 Å². The molecule has 13 heavy (non-hydrogen) atoms. The summed E-state index contributed by atoms with van der Waals surface area (Å²) in [7, 11) is 0. The van der Waals surface area contributed by atoms with Crippen LogP contribution in [-0.4, -0.2) is 17.9 Å². The van der Waals surface area contributed by atoms with E-state index in [4.69, 9.17) is 5.11 Å². The van der Waals surface area contributed by atoms with Crippen molar-refractivity contribution in [3.8, 4) is 5.75 Å². The third-order valence-corrected chi connectivity index (χ3v) is 1.60. The van der Waals surface area contributed by atoms with Crippen LogP contribution in [-0.2, 0) is 0 Å². The molecule has 0 radical (unpaired) electrons. The SMILES string of the molecule is CC(C)CN=Cc1ccc(O)cc1. The van der Waals surface area contributed by atoms with Gasteiger partial charge in [0.25, 0.3) is 0 Å². The number of phenols is 1. The Labute approximate surface area is 78.9 Å². The Morgan fingerprint density at radius 2 is 1.92 bits per heavy atom. The van der Waals surface area contributed by atoms with Crippen LogP contribution in [0.3, 0.4) is 0 Å². The molecule has 2 nitrogen and oxygen atoms in total. The highest BCUT2D eigenvalue weighted by Crippen LogP contribution is 2.07. The normalized spacial score (nSPS) is 11.3. The fraction of sp³-hybridized carbons (Fsp3) is 0.364. The third kappa shape index (κ3) is 3.74. The summed E-state index contributed by atoms with van der Waals surface area (Å²) in [5.74, 6) is 0.884. The number of aliphatic imine (C=N–C) groups is 1. The molecule has 0 aliphatic rings. The Kier molecular flexibility index (Phi) is 3.50. The van der Waals surface area contributed by atoms with Gasteiger partial charge in [-0.3, -0.25) is 4.99 Å². The smallest absolute Gasteiger partial charge is 0.115 e. The molecule has 70 valence electrons. The molecule has 0 unspecified atom stereocenters. The van der Waals surface area contributed by atoms with Crippen LogP contribution < -0.4 is 0 Å². The lowest BCUT2D eigenvalue weighted by Gasteiger charge is -1.97. The van der Waals surface area contributed by atoms with Gasteiger partial charge in [0.1, 0.15) is 5.75 Å². The molecule has 0 amide bonds. The molecule has 0 saturated heterocycles. The average molecular weight is 177 g/mol. The second-order valence-electron chi connectivity index (χ2n) is 3.48. The van der Waals surface area contributed by atoms with Gasteiger partial charge in [-0.1, -0.05) is 13.8 Å². The van der Waals surface area contributed by atoms with Crippen molar-refractivity contribution in [2.75, 3.05) is 6.54 Å². The molecule has 0 aliphatic heterocycles. The fourth-order valence-corrected chi connectivity index (χ4v) is 0.929. The third-order valence-electron chi connectivity index (χ3n) is 1.60. The summed E-state index contributed by atoms with van der Waals surface area (Å²) in [6.45, 7) is 5.11. The van der Waals surface area contributed by atoms with Crippen LogP contribution in [0.1, 0.15) is 19.4 Å². The van der Waals surface area contributed by atoms with E-state index in [0.29, 0.717) is 11.7 Å². The van der Waals surface area contributed by atoms with Crippen LogP contribution >= 0.6 is 0 Å². The minimum Gasteiger partial charge on any atom is -0.508 e. The Morgan fingerprint density at radius 1 is 1.31 bits per heavy atom. The first-order valence-corrected chi connectivity index (χ1v) is 4.47. The summed E-state index contributed by atoms with van der Waals surface area (Å²) < 4.78 is 0. The minimum atomic E-state index is 0.293. The summed E-state index contributed by atoms with van der Waals surface area (Å²) in [4.78, 5) is 4.26. The molecule has 0 spiro atoms. The summed E-state index contributed by atoms with van der Waals surface area (Å²) in [6, 6.07) is 7.02. The van der Waals surface area contributed by atoms with Crippen molar-refractivity contribution in [3.05, 3.63) is 29.8 Å². The van der Waals surface area contributed by atoms with Crippen LogP contribution in [0, 0.1) is 5.92 Å². The molecule has 1 rings (SSSR count). The van der Waals surface area contributed by atoms with Crippen LogP contribution in [0.15, 0.2) is 29.3 Å². The van der Waals surface area contributed by atoms with Crippen molar-refractivity contribution in [3.63, 3.8) is 0 Å². The highest BCUT2D eigenvalue weighted by Gasteiger charge is 1.90. The van der Waals surface area contributed by atoms with Gasteiger partial charge in [-0.15, -0.1) is 0 Å². The Bertz CT molecular complexity index is 275. The molecular formula is C11H15NO. The molecule has 1 N–H and O–H groups in total. The summed E-state index contributed by atoms with van der Waals surface area (Å²) in [5.41, 5.74) is 1.03. The first-order valence-electron chi connectivity index (χ1n) is 4.47. The topological polar surface area (TPSA) is 32.6 Å². The van der Waals surface area contributed by atoms with E-state index in [1.807, 2.05) is 18.3 Å². The molecule has 0 fully saturated rings.